The first kappa shape index (κ1) is 13.7. The van der Waals surface area contributed by atoms with Crippen molar-refractivity contribution in [3.63, 3.8) is 0 Å². The highest BCUT2D eigenvalue weighted by Crippen LogP contribution is 2.17. The number of hydrogen-bond donors (Lipinski definition) is 1. The molecule has 0 unspecified atom stereocenters. The smallest absolute Gasteiger partial charge is 0.147 e. The van der Waals surface area contributed by atoms with Crippen molar-refractivity contribution in [3.8, 4) is 5.69 Å². The van der Waals surface area contributed by atoms with Crippen LogP contribution in [-0.4, -0.2) is 15.1 Å². The van der Waals surface area contributed by atoms with Gasteiger partial charge in [-0.3, -0.25) is 0 Å². The lowest BCUT2D eigenvalue weighted by Crippen LogP contribution is -2.35. The van der Waals surface area contributed by atoms with E-state index in [1.807, 2.05) is 13.0 Å². The monoisotopic (exact) mass is 261 g/mol. The van der Waals surface area contributed by atoms with Crippen molar-refractivity contribution in [2.24, 2.45) is 0 Å². The summed E-state index contributed by atoms with van der Waals surface area (Å²) in [5.74, 6) is 0.550. The fourth-order valence-corrected chi connectivity index (χ4v) is 1.86. The quantitative estimate of drug-likeness (QED) is 0.919. The lowest BCUT2D eigenvalue weighted by atomic mass is 10.1. The van der Waals surface area contributed by atoms with Crippen LogP contribution in [0.2, 0.25) is 0 Å². The molecule has 0 bridgehead atoms. The maximum atomic E-state index is 14.1. The van der Waals surface area contributed by atoms with E-state index >= 15 is 0 Å². The molecular weight excluding hydrogens is 241 g/mol. The van der Waals surface area contributed by atoms with E-state index in [1.54, 1.807) is 29.1 Å². The number of benzene rings is 1. The summed E-state index contributed by atoms with van der Waals surface area (Å²) >= 11 is 0. The molecule has 2 rings (SSSR count). The molecule has 0 aliphatic heterocycles. The fourth-order valence-electron chi connectivity index (χ4n) is 1.86. The van der Waals surface area contributed by atoms with Gasteiger partial charge < -0.3 is 9.88 Å². The maximum Gasteiger partial charge on any atom is 0.147 e. The van der Waals surface area contributed by atoms with Crippen LogP contribution in [0.5, 0.6) is 0 Å². The third-order valence-electron chi connectivity index (χ3n) is 2.92. The van der Waals surface area contributed by atoms with Crippen LogP contribution < -0.4 is 5.32 Å². The lowest BCUT2D eigenvalue weighted by Gasteiger charge is -2.20. The van der Waals surface area contributed by atoms with E-state index in [9.17, 15) is 4.39 Å². The van der Waals surface area contributed by atoms with Gasteiger partial charge in [0.15, 0.2) is 0 Å². The summed E-state index contributed by atoms with van der Waals surface area (Å²) < 4.78 is 15.9. The summed E-state index contributed by atoms with van der Waals surface area (Å²) in [5.41, 5.74) is 1.50. The number of rotatable bonds is 3. The van der Waals surface area contributed by atoms with Crippen molar-refractivity contribution in [1.82, 2.24) is 14.9 Å². The van der Waals surface area contributed by atoms with Gasteiger partial charge in [-0.15, -0.1) is 0 Å². The maximum absolute atomic E-state index is 14.1. The molecule has 2 aromatic rings. The molecule has 0 aliphatic rings. The lowest BCUT2D eigenvalue weighted by molar-refractivity contribution is 0.423. The van der Waals surface area contributed by atoms with Gasteiger partial charge in [0.2, 0.25) is 0 Å². The van der Waals surface area contributed by atoms with Crippen LogP contribution in [0.3, 0.4) is 0 Å². The highest BCUT2D eigenvalue weighted by Gasteiger charge is 2.11. The van der Waals surface area contributed by atoms with E-state index < -0.39 is 0 Å². The first-order valence-electron chi connectivity index (χ1n) is 6.40. The van der Waals surface area contributed by atoms with Gasteiger partial charge in [-0.2, -0.15) is 0 Å². The first-order valence-corrected chi connectivity index (χ1v) is 6.40. The van der Waals surface area contributed by atoms with Gasteiger partial charge >= 0.3 is 0 Å². The third-order valence-corrected chi connectivity index (χ3v) is 2.92. The Morgan fingerprint density at radius 1 is 1.32 bits per heavy atom. The van der Waals surface area contributed by atoms with Gasteiger partial charge in [0.25, 0.3) is 0 Å². The molecule has 19 heavy (non-hydrogen) atoms. The van der Waals surface area contributed by atoms with Crippen molar-refractivity contribution in [3.05, 3.63) is 47.8 Å². The minimum Gasteiger partial charge on any atom is -0.308 e. The molecule has 0 saturated heterocycles. The second kappa shape index (κ2) is 5.13. The molecule has 1 N–H and O–H groups in total. The topological polar surface area (TPSA) is 29.9 Å². The third kappa shape index (κ3) is 3.41. The zero-order valence-corrected chi connectivity index (χ0v) is 11.9. The standard InChI is InChI=1S/C15H20FN3/c1-11-17-7-8-19(11)14-6-5-12(9-13(14)16)10-18-15(2,3)4/h5-9,18H,10H2,1-4H3. The molecule has 0 saturated carbocycles. The zero-order valence-electron chi connectivity index (χ0n) is 11.9. The largest absolute Gasteiger partial charge is 0.308 e. The molecule has 0 radical (unpaired) electrons. The first-order chi connectivity index (χ1) is 8.87. The van der Waals surface area contributed by atoms with E-state index in [1.165, 1.54) is 0 Å². The van der Waals surface area contributed by atoms with Gasteiger partial charge in [-0.1, -0.05) is 6.07 Å². The summed E-state index contributed by atoms with van der Waals surface area (Å²) in [7, 11) is 0. The number of nitrogens with one attached hydrogen (secondary N) is 1. The van der Waals surface area contributed by atoms with Gasteiger partial charge in [0.05, 0.1) is 5.69 Å². The highest BCUT2D eigenvalue weighted by molar-refractivity contribution is 5.37. The van der Waals surface area contributed by atoms with Crippen LogP contribution in [0.15, 0.2) is 30.6 Å². The van der Waals surface area contributed by atoms with Crippen molar-refractivity contribution in [2.75, 3.05) is 0 Å². The van der Waals surface area contributed by atoms with Crippen molar-refractivity contribution < 1.29 is 4.39 Å². The summed E-state index contributed by atoms with van der Waals surface area (Å²) in [6, 6.07) is 5.31. The van der Waals surface area contributed by atoms with E-state index in [4.69, 9.17) is 0 Å². The second-order valence-electron chi connectivity index (χ2n) is 5.73. The zero-order chi connectivity index (χ0) is 14.0. The SMILES string of the molecule is Cc1nccn1-c1ccc(CNC(C)(C)C)cc1F. The molecule has 3 nitrogen and oxygen atoms in total. The Morgan fingerprint density at radius 3 is 2.58 bits per heavy atom. The Kier molecular flexibility index (Phi) is 3.71. The highest BCUT2D eigenvalue weighted by atomic mass is 19.1. The molecular formula is C15H20FN3. The van der Waals surface area contributed by atoms with Gasteiger partial charge in [-0.05, 0) is 45.4 Å². The van der Waals surface area contributed by atoms with Crippen LogP contribution in [0, 0.1) is 12.7 Å². The van der Waals surface area contributed by atoms with Crippen LogP contribution in [0.1, 0.15) is 32.2 Å². The van der Waals surface area contributed by atoms with E-state index in [0.29, 0.717) is 12.2 Å². The fraction of sp³-hybridized carbons (Fsp3) is 0.400. The Morgan fingerprint density at radius 2 is 2.05 bits per heavy atom. The molecule has 0 aliphatic carbocycles. The van der Waals surface area contributed by atoms with Crippen LogP contribution >= 0.6 is 0 Å². The molecule has 0 spiro atoms. The molecule has 102 valence electrons. The van der Waals surface area contributed by atoms with Crippen molar-refractivity contribution in [2.45, 2.75) is 39.8 Å². The number of halogens is 1. The van der Waals surface area contributed by atoms with E-state index in [0.717, 1.165) is 11.4 Å². The Hall–Kier alpha value is -1.68. The Balaban J connectivity index is 2.21. The predicted molar refractivity (Wildman–Crippen MR) is 74.9 cm³/mol. The molecule has 1 aromatic carbocycles. The van der Waals surface area contributed by atoms with Crippen molar-refractivity contribution in [1.29, 1.82) is 0 Å². The Bertz CT molecular complexity index is 567. The normalized spacial score (nSPS) is 11.8. The summed E-state index contributed by atoms with van der Waals surface area (Å²) in [6.45, 7) is 8.78. The van der Waals surface area contributed by atoms with Crippen LogP contribution in [0.25, 0.3) is 5.69 Å². The van der Waals surface area contributed by atoms with Crippen LogP contribution in [0.4, 0.5) is 4.39 Å². The average molecular weight is 261 g/mol. The van der Waals surface area contributed by atoms with Crippen LogP contribution in [-0.2, 0) is 6.54 Å². The summed E-state index contributed by atoms with van der Waals surface area (Å²) in [6.07, 6.45) is 3.44. The van der Waals surface area contributed by atoms with E-state index in [-0.39, 0.29) is 11.4 Å². The summed E-state index contributed by atoms with van der Waals surface area (Å²) in [5, 5.41) is 3.35. The van der Waals surface area contributed by atoms with Crippen molar-refractivity contribution >= 4 is 0 Å². The average Bonchev–Trinajstić information content (AvgIpc) is 2.72. The molecule has 0 fully saturated rings. The molecule has 0 amide bonds. The summed E-state index contributed by atoms with van der Waals surface area (Å²) in [4.78, 5) is 4.11. The molecule has 0 atom stereocenters. The van der Waals surface area contributed by atoms with E-state index in [2.05, 4.69) is 31.1 Å². The Labute approximate surface area is 113 Å². The molecule has 1 heterocycles. The van der Waals surface area contributed by atoms with Gasteiger partial charge in [-0.25, -0.2) is 9.37 Å². The number of nitrogens with zero attached hydrogens (tertiary/aromatic N) is 2. The predicted octanol–water partition coefficient (Wildman–Crippen LogP) is 3.21. The number of aryl methyl sites for hydroxylation is 1. The minimum atomic E-state index is -0.227. The van der Waals surface area contributed by atoms with Gasteiger partial charge in [0.1, 0.15) is 11.6 Å². The molecule has 1 aromatic heterocycles. The minimum absolute atomic E-state index is 0.0239. The number of hydrogen-bond acceptors (Lipinski definition) is 2. The molecule has 4 heteroatoms. The van der Waals surface area contributed by atoms with Gasteiger partial charge in [0, 0.05) is 24.5 Å². The second-order valence-corrected chi connectivity index (χ2v) is 5.73. The number of imidazole rings is 1. The number of aromatic nitrogens is 2.